The number of ether oxygens (including phenoxy) is 2. The van der Waals surface area contributed by atoms with E-state index in [1.165, 1.54) is 4.90 Å². The first-order valence-electron chi connectivity index (χ1n) is 6.62. The van der Waals surface area contributed by atoms with E-state index in [1.54, 1.807) is 26.8 Å². The lowest BCUT2D eigenvalue weighted by atomic mass is 9.90. The lowest BCUT2D eigenvalue weighted by molar-refractivity contribution is -0.163. The van der Waals surface area contributed by atoms with Gasteiger partial charge in [-0.1, -0.05) is 12.2 Å². The number of hydrogen-bond acceptors (Lipinski definition) is 4. The van der Waals surface area contributed by atoms with E-state index in [9.17, 15) is 9.59 Å². The number of aliphatic carboxylic acids is 1. The average Bonchev–Trinajstić information content (AvgIpc) is 2.21. The molecule has 0 spiro atoms. The van der Waals surface area contributed by atoms with Crippen molar-refractivity contribution in [3.8, 4) is 0 Å². The maximum Gasteiger partial charge on any atom is 0.410 e. The van der Waals surface area contributed by atoms with Gasteiger partial charge in [-0.25, -0.2) is 4.79 Å². The standard InChI is InChI=1S/C14H23NO5/c1-5-6-7-19-14(8-11(16)17)9-15(10-14)12(18)20-13(2,3)4/h5-6H,7-10H2,1-4H3,(H,16,17)/b6-5+. The monoisotopic (exact) mass is 285 g/mol. The van der Waals surface area contributed by atoms with Crippen molar-refractivity contribution >= 4 is 12.1 Å². The van der Waals surface area contributed by atoms with Crippen LogP contribution in [0.1, 0.15) is 34.1 Å². The van der Waals surface area contributed by atoms with Crippen molar-refractivity contribution in [1.82, 2.24) is 4.90 Å². The van der Waals surface area contributed by atoms with Gasteiger partial charge in [-0.3, -0.25) is 4.79 Å². The summed E-state index contributed by atoms with van der Waals surface area (Å²) in [6, 6.07) is 0. The molecule has 1 aliphatic rings. The third kappa shape index (κ3) is 4.85. The number of carbonyl (C=O) groups is 2. The van der Waals surface area contributed by atoms with Gasteiger partial charge in [0, 0.05) is 0 Å². The second-order valence-electron chi connectivity index (χ2n) is 5.97. The molecule has 0 aromatic carbocycles. The second kappa shape index (κ2) is 6.26. The predicted molar refractivity (Wildman–Crippen MR) is 73.6 cm³/mol. The van der Waals surface area contributed by atoms with Crippen LogP contribution in [0, 0.1) is 0 Å². The van der Waals surface area contributed by atoms with E-state index in [4.69, 9.17) is 14.6 Å². The van der Waals surface area contributed by atoms with Crippen molar-refractivity contribution in [1.29, 1.82) is 0 Å². The summed E-state index contributed by atoms with van der Waals surface area (Å²) < 4.78 is 10.8. The minimum absolute atomic E-state index is 0.121. The highest BCUT2D eigenvalue weighted by molar-refractivity contribution is 5.72. The number of amides is 1. The largest absolute Gasteiger partial charge is 0.481 e. The van der Waals surface area contributed by atoms with Gasteiger partial charge in [0.25, 0.3) is 0 Å². The fraction of sp³-hybridized carbons (Fsp3) is 0.714. The van der Waals surface area contributed by atoms with Crippen LogP contribution in [0.3, 0.4) is 0 Å². The molecule has 0 saturated carbocycles. The quantitative estimate of drug-likeness (QED) is 0.782. The SMILES string of the molecule is C/C=C/COC1(CC(=O)O)CN(C(=O)OC(C)(C)C)C1. The molecule has 20 heavy (non-hydrogen) atoms. The molecule has 1 fully saturated rings. The van der Waals surface area contributed by atoms with E-state index in [-0.39, 0.29) is 19.5 Å². The molecule has 1 heterocycles. The number of carboxylic acids is 1. The van der Waals surface area contributed by atoms with Crippen LogP contribution >= 0.6 is 0 Å². The summed E-state index contributed by atoms with van der Waals surface area (Å²) in [7, 11) is 0. The molecule has 0 atom stereocenters. The molecule has 1 rings (SSSR count). The molecule has 6 heteroatoms. The summed E-state index contributed by atoms with van der Waals surface area (Å²) >= 11 is 0. The Bertz CT molecular complexity index is 391. The minimum Gasteiger partial charge on any atom is -0.481 e. The fourth-order valence-corrected chi connectivity index (χ4v) is 1.96. The molecular formula is C14H23NO5. The number of carbonyl (C=O) groups excluding carboxylic acids is 1. The van der Waals surface area contributed by atoms with E-state index in [0.717, 1.165) is 0 Å². The van der Waals surface area contributed by atoms with Crippen molar-refractivity contribution < 1.29 is 24.2 Å². The molecule has 1 amide bonds. The van der Waals surface area contributed by atoms with Crippen LogP contribution in [0.2, 0.25) is 0 Å². The summed E-state index contributed by atoms with van der Waals surface area (Å²) in [5, 5.41) is 8.95. The molecule has 0 aliphatic carbocycles. The van der Waals surface area contributed by atoms with Gasteiger partial charge in [-0.2, -0.15) is 0 Å². The zero-order valence-corrected chi connectivity index (χ0v) is 12.5. The third-order valence-electron chi connectivity index (χ3n) is 2.80. The van der Waals surface area contributed by atoms with Gasteiger partial charge >= 0.3 is 12.1 Å². The minimum atomic E-state index is -0.936. The summed E-state index contributed by atoms with van der Waals surface area (Å²) in [4.78, 5) is 24.2. The molecule has 0 bridgehead atoms. The molecule has 1 N–H and O–H groups in total. The number of nitrogens with zero attached hydrogens (tertiary/aromatic N) is 1. The van der Waals surface area contributed by atoms with Gasteiger partial charge in [0.15, 0.2) is 0 Å². The van der Waals surface area contributed by atoms with Crippen molar-refractivity contribution in [2.75, 3.05) is 19.7 Å². The van der Waals surface area contributed by atoms with Crippen LogP contribution in [0.25, 0.3) is 0 Å². The van der Waals surface area contributed by atoms with E-state index in [1.807, 2.05) is 13.0 Å². The summed E-state index contributed by atoms with van der Waals surface area (Å²) in [6.07, 6.45) is 3.08. The molecule has 0 radical (unpaired) electrons. The predicted octanol–water partition coefficient (Wildman–Crippen LogP) is 2.04. The fourth-order valence-electron chi connectivity index (χ4n) is 1.96. The van der Waals surface area contributed by atoms with Crippen molar-refractivity contribution in [3.05, 3.63) is 12.2 Å². The Morgan fingerprint density at radius 3 is 2.40 bits per heavy atom. The number of hydrogen-bond donors (Lipinski definition) is 1. The Morgan fingerprint density at radius 1 is 1.35 bits per heavy atom. The Morgan fingerprint density at radius 2 is 1.95 bits per heavy atom. The Hall–Kier alpha value is -1.56. The van der Waals surface area contributed by atoms with Crippen LogP contribution in [0.5, 0.6) is 0 Å². The average molecular weight is 285 g/mol. The van der Waals surface area contributed by atoms with Gasteiger partial charge in [0.2, 0.25) is 0 Å². The Kier molecular flexibility index (Phi) is 5.16. The lowest BCUT2D eigenvalue weighted by Gasteiger charge is -2.48. The molecule has 0 aromatic rings. The van der Waals surface area contributed by atoms with Gasteiger partial charge < -0.3 is 19.5 Å². The van der Waals surface area contributed by atoms with Crippen LogP contribution in [-0.4, -0.2) is 53.0 Å². The van der Waals surface area contributed by atoms with E-state index >= 15 is 0 Å². The van der Waals surface area contributed by atoms with Crippen LogP contribution in [-0.2, 0) is 14.3 Å². The number of allylic oxidation sites excluding steroid dienone is 1. The van der Waals surface area contributed by atoms with Crippen LogP contribution < -0.4 is 0 Å². The van der Waals surface area contributed by atoms with Crippen LogP contribution in [0.4, 0.5) is 4.79 Å². The molecule has 1 aliphatic heterocycles. The zero-order valence-electron chi connectivity index (χ0n) is 12.5. The van der Waals surface area contributed by atoms with Crippen molar-refractivity contribution in [3.63, 3.8) is 0 Å². The first kappa shape index (κ1) is 16.5. The van der Waals surface area contributed by atoms with E-state index in [2.05, 4.69) is 0 Å². The summed E-state index contributed by atoms with van der Waals surface area (Å²) in [5.41, 5.74) is -1.36. The zero-order chi connectivity index (χ0) is 15.4. The number of likely N-dealkylation sites (tertiary alicyclic amines) is 1. The number of carboxylic acid groups (broad SMARTS) is 1. The highest BCUT2D eigenvalue weighted by Crippen LogP contribution is 2.30. The number of rotatable bonds is 5. The maximum absolute atomic E-state index is 11.8. The third-order valence-corrected chi connectivity index (χ3v) is 2.80. The summed E-state index contributed by atoms with van der Waals surface area (Å²) in [6.45, 7) is 8.05. The molecule has 6 nitrogen and oxygen atoms in total. The van der Waals surface area contributed by atoms with Crippen LogP contribution in [0.15, 0.2) is 12.2 Å². The van der Waals surface area contributed by atoms with Gasteiger partial charge in [0.1, 0.15) is 11.2 Å². The van der Waals surface area contributed by atoms with Crippen molar-refractivity contribution in [2.24, 2.45) is 0 Å². The van der Waals surface area contributed by atoms with Gasteiger partial charge in [0.05, 0.1) is 26.1 Å². The topological polar surface area (TPSA) is 76.1 Å². The first-order valence-corrected chi connectivity index (χ1v) is 6.62. The van der Waals surface area contributed by atoms with E-state index < -0.39 is 23.3 Å². The van der Waals surface area contributed by atoms with E-state index in [0.29, 0.717) is 6.61 Å². The van der Waals surface area contributed by atoms with Gasteiger partial charge in [-0.05, 0) is 27.7 Å². The normalized spacial score (nSPS) is 17.9. The Labute approximate surface area is 119 Å². The van der Waals surface area contributed by atoms with Crippen molar-refractivity contribution in [2.45, 2.75) is 45.3 Å². The first-order chi connectivity index (χ1) is 9.17. The molecule has 1 saturated heterocycles. The molecular weight excluding hydrogens is 262 g/mol. The highest BCUT2D eigenvalue weighted by atomic mass is 16.6. The lowest BCUT2D eigenvalue weighted by Crippen LogP contribution is -2.66. The second-order valence-corrected chi connectivity index (χ2v) is 5.97. The molecule has 114 valence electrons. The smallest absolute Gasteiger partial charge is 0.410 e. The maximum atomic E-state index is 11.8. The summed E-state index contributed by atoms with van der Waals surface area (Å²) in [5.74, 6) is -0.936. The highest BCUT2D eigenvalue weighted by Gasteiger charge is 2.48. The molecule has 0 unspecified atom stereocenters. The molecule has 0 aromatic heterocycles. The van der Waals surface area contributed by atoms with Gasteiger partial charge in [-0.15, -0.1) is 0 Å². The Balaban J connectivity index is 2.56.